The van der Waals surface area contributed by atoms with Gasteiger partial charge in [-0.2, -0.15) is 18.2 Å². The summed E-state index contributed by atoms with van der Waals surface area (Å²) < 4.78 is 62.5. The standard InChI is InChI=1S/C18H16F3N3O6/c1-9-6-11(15-22-17(30-24-15)18(19,20)21)7-10(2)14(9)28-5-4-27-13-8-12(29-23-13)16(25)26-3/h6-8H,4-5H2,1-3H3. The minimum atomic E-state index is -4.71. The molecule has 30 heavy (non-hydrogen) atoms. The van der Waals surface area contributed by atoms with E-state index in [1.54, 1.807) is 26.0 Å². The zero-order valence-electron chi connectivity index (χ0n) is 16.1. The van der Waals surface area contributed by atoms with E-state index >= 15 is 0 Å². The zero-order valence-corrected chi connectivity index (χ0v) is 16.1. The van der Waals surface area contributed by atoms with Crippen molar-refractivity contribution in [1.82, 2.24) is 15.3 Å². The van der Waals surface area contributed by atoms with Crippen LogP contribution in [0.4, 0.5) is 13.2 Å². The van der Waals surface area contributed by atoms with Crippen molar-refractivity contribution in [1.29, 1.82) is 0 Å². The maximum atomic E-state index is 12.6. The zero-order chi connectivity index (χ0) is 21.9. The van der Waals surface area contributed by atoms with Crippen LogP contribution in [0.25, 0.3) is 11.4 Å². The second kappa shape index (κ2) is 8.43. The summed E-state index contributed by atoms with van der Waals surface area (Å²) in [6.07, 6.45) is -4.71. The summed E-state index contributed by atoms with van der Waals surface area (Å²) in [5.74, 6) is -1.71. The average Bonchev–Trinajstić information content (AvgIpc) is 3.35. The van der Waals surface area contributed by atoms with Gasteiger partial charge >= 0.3 is 18.0 Å². The predicted octanol–water partition coefficient (Wildman–Crippen LogP) is 3.60. The van der Waals surface area contributed by atoms with E-state index in [0.29, 0.717) is 22.4 Å². The van der Waals surface area contributed by atoms with Gasteiger partial charge in [0.2, 0.25) is 11.6 Å². The number of aryl methyl sites for hydroxylation is 2. The molecular weight excluding hydrogens is 411 g/mol. The molecule has 1 aromatic carbocycles. The fraction of sp³-hybridized carbons (Fsp3) is 0.333. The van der Waals surface area contributed by atoms with Crippen LogP contribution < -0.4 is 9.47 Å². The van der Waals surface area contributed by atoms with Crippen molar-refractivity contribution in [3.63, 3.8) is 0 Å². The number of hydrogen-bond donors (Lipinski definition) is 0. The van der Waals surface area contributed by atoms with Crippen molar-refractivity contribution in [3.8, 4) is 23.0 Å². The van der Waals surface area contributed by atoms with Crippen molar-refractivity contribution >= 4 is 5.97 Å². The highest BCUT2D eigenvalue weighted by Gasteiger charge is 2.38. The van der Waals surface area contributed by atoms with Crippen molar-refractivity contribution in [3.05, 3.63) is 41.0 Å². The molecule has 0 aliphatic rings. The van der Waals surface area contributed by atoms with Gasteiger partial charge in [0.25, 0.3) is 5.88 Å². The molecule has 0 spiro atoms. The van der Waals surface area contributed by atoms with E-state index in [2.05, 4.69) is 24.6 Å². The number of halogens is 3. The van der Waals surface area contributed by atoms with E-state index < -0.39 is 18.0 Å². The van der Waals surface area contributed by atoms with Gasteiger partial charge in [-0.3, -0.25) is 0 Å². The highest BCUT2D eigenvalue weighted by atomic mass is 19.4. The van der Waals surface area contributed by atoms with Crippen LogP contribution in [0.2, 0.25) is 0 Å². The van der Waals surface area contributed by atoms with Gasteiger partial charge in [0.15, 0.2) is 0 Å². The Labute approximate surface area is 167 Å². The first-order valence-corrected chi connectivity index (χ1v) is 8.52. The molecule has 0 radical (unpaired) electrons. The van der Waals surface area contributed by atoms with Crippen molar-refractivity contribution in [2.75, 3.05) is 20.3 Å². The van der Waals surface area contributed by atoms with Gasteiger partial charge < -0.3 is 23.3 Å². The number of carbonyl (C=O) groups excluding carboxylic acids is 1. The summed E-state index contributed by atoms with van der Waals surface area (Å²) in [4.78, 5) is 14.7. The van der Waals surface area contributed by atoms with Gasteiger partial charge in [0.1, 0.15) is 19.0 Å². The van der Waals surface area contributed by atoms with Crippen LogP contribution in [0.15, 0.2) is 27.2 Å². The first-order valence-electron chi connectivity index (χ1n) is 8.52. The van der Waals surface area contributed by atoms with Crippen LogP contribution in [-0.2, 0) is 10.9 Å². The maximum Gasteiger partial charge on any atom is 0.471 e. The van der Waals surface area contributed by atoms with E-state index in [4.69, 9.17) is 14.0 Å². The lowest BCUT2D eigenvalue weighted by Crippen LogP contribution is -2.10. The third-order valence-corrected chi connectivity index (χ3v) is 3.84. The largest absolute Gasteiger partial charge is 0.489 e. The van der Waals surface area contributed by atoms with Gasteiger partial charge in [-0.05, 0) is 42.3 Å². The highest BCUT2D eigenvalue weighted by molar-refractivity contribution is 5.86. The molecule has 0 N–H and O–H groups in total. The Balaban J connectivity index is 1.61. The molecule has 3 rings (SSSR count). The smallest absolute Gasteiger partial charge is 0.471 e. The normalized spacial score (nSPS) is 11.4. The third kappa shape index (κ3) is 4.70. The number of hydrogen-bond acceptors (Lipinski definition) is 9. The lowest BCUT2D eigenvalue weighted by atomic mass is 10.1. The SMILES string of the molecule is COC(=O)c1cc(OCCOc2c(C)cc(-c3noc(C(F)(F)F)n3)cc2C)no1. The third-order valence-electron chi connectivity index (χ3n) is 3.84. The molecule has 0 aliphatic carbocycles. The van der Waals surface area contributed by atoms with Crippen molar-refractivity contribution in [2.24, 2.45) is 0 Å². The maximum absolute atomic E-state index is 12.6. The number of carbonyl (C=O) groups is 1. The molecule has 0 unspecified atom stereocenters. The summed E-state index contributed by atoms with van der Waals surface area (Å²) in [5, 5.41) is 6.95. The second-order valence-corrected chi connectivity index (χ2v) is 6.08. The Hall–Kier alpha value is -3.57. The summed E-state index contributed by atoms with van der Waals surface area (Å²) in [6, 6.07) is 4.47. The molecule has 0 bridgehead atoms. The Morgan fingerprint density at radius 2 is 1.70 bits per heavy atom. The first-order chi connectivity index (χ1) is 14.2. The number of nitrogens with zero attached hydrogens (tertiary/aromatic N) is 3. The van der Waals surface area contributed by atoms with Gasteiger partial charge in [0.05, 0.1) is 13.2 Å². The van der Waals surface area contributed by atoms with Gasteiger partial charge in [0, 0.05) is 5.56 Å². The molecule has 2 aromatic heterocycles. The van der Waals surface area contributed by atoms with Gasteiger partial charge in [-0.1, -0.05) is 5.16 Å². The molecule has 9 nitrogen and oxygen atoms in total. The van der Waals surface area contributed by atoms with Crippen LogP contribution >= 0.6 is 0 Å². The Kier molecular flexibility index (Phi) is 5.94. The number of aromatic nitrogens is 3. The number of alkyl halides is 3. The van der Waals surface area contributed by atoms with Crippen LogP contribution in [-0.4, -0.2) is 41.6 Å². The quantitative estimate of drug-likeness (QED) is 0.412. The summed E-state index contributed by atoms with van der Waals surface area (Å²) >= 11 is 0. The van der Waals surface area contributed by atoms with Crippen LogP contribution in [0.3, 0.4) is 0 Å². The van der Waals surface area contributed by atoms with E-state index in [9.17, 15) is 18.0 Å². The van der Waals surface area contributed by atoms with Crippen molar-refractivity contribution < 1.29 is 41.2 Å². The monoisotopic (exact) mass is 427 g/mol. The molecule has 0 aliphatic heterocycles. The number of ether oxygens (including phenoxy) is 3. The van der Waals surface area contributed by atoms with E-state index in [-0.39, 0.29) is 30.7 Å². The molecule has 0 amide bonds. The fourth-order valence-corrected chi connectivity index (χ4v) is 2.58. The number of esters is 1. The van der Waals surface area contributed by atoms with Gasteiger partial charge in [-0.25, -0.2) is 4.79 Å². The molecule has 160 valence electrons. The minimum Gasteiger partial charge on any atom is -0.489 e. The molecule has 12 heteroatoms. The summed E-state index contributed by atoms with van der Waals surface area (Å²) in [6.45, 7) is 3.71. The summed E-state index contributed by atoms with van der Waals surface area (Å²) in [7, 11) is 1.21. The van der Waals surface area contributed by atoms with Gasteiger partial charge in [-0.15, -0.1) is 0 Å². The van der Waals surface area contributed by atoms with E-state index in [0.717, 1.165) is 0 Å². The van der Waals surface area contributed by atoms with E-state index in [1.807, 2.05) is 0 Å². The van der Waals surface area contributed by atoms with Crippen molar-refractivity contribution in [2.45, 2.75) is 20.0 Å². The predicted molar refractivity (Wildman–Crippen MR) is 93.0 cm³/mol. The molecule has 0 saturated heterocycles. The Morgan fingerprint density at radius 1 is 1.03 bits per heavy atom. The van der Waals surface area contributed by atoms with Crippen LogP contribution in [0, 0.1) is 13.8 Å². The molecule has 2 heterocycles. The number of benzene rings is 1. The van der Waals surface area contributed by atoms with E-state index in [1.165, 1.54) is 13.2 Å². The highest BCUT2D eigenvalue weighted by Crippen LogP contribution is 2.32. The molecular formula is C18H16F3N3O6. The Morgan fingerprint density at radius 3 is 2.30 bits per heavy atom. The minimum absolute atomic E-state index is 0.0918. The molecule has 0 fully saturated rings. The Bertz CT molecular complexity index is 1020. The van der Waals surface area contributed by atoms with Crippen LogP contribution in [0.5, 0.6) is 11.6 Å². The second-order valence-electron chi connectivity index (χ2n) is 6.08. The molecule has 0 atom stereocenters. The average molecular weight is 427 g/mol. The first kappa shape index (κ1) is 21.1. The molecule has 3 aromatic rings. The lowest BCUT2D eigenvalue weighted by molar-refractivity contribution is -0.159. The number of methoxy groups -OCH3 is 1. The lowest BCUT2D eigenvalue weighted by Gasteiger charge is -2.13. The molecule has 0 saturated carbocycles. The summed E-state index contributed by atoms with van der Waals surface area (Å²) in [5.41, 5.74) is 1.70. The number of rotatable bonds is 7. The fourth-order valence-electron chi connectivity index (χ4n) is 2.58. The topological polar surface area (TPSA) is 110 Å². The van der Waals surface area contributed by atoms with Crippen LogP contribution in [0.1, 0.15) is 27.6 Å².